The summed E-state index contributed by atoms with van der Waals surface area (Å²) in [6.07, 6.45) is 1.52. The average Bonchev–Trinajstić information content (AvgIpc) is 3.34. The normalized spacial score (nSPS) is 23.0. The van der Waals surface area contributed by atoms with Gasteiger partial charge in [0.2, 0.25) is 0 Å². The molecule has 0 radical (unpaired) electrons. The van der Waals surface area contributed by atoms with Gasteiger partial charge in [0.05, 0.1) is 12.7 Å². The Bertz CT molecular complexity index is 1280. The smallest absolute Gasteiger partial charge is 0.303 e. The van der Waals surface area contributed by atoms with Gasteiger partial charge in [-0.2, -0.15) is 0 Å². The molecule has 5 atom stereocenters. The Balaban J connectivity index is 1.40. The number of unbranched alkanes of at least 4 members (excludes halogenated alkanes) is 1. The zero-order chi connectivity index (χ0) is 27.9. The highest BCUT2D eigenvalue weighted by Gasteiger charge is 2.44. The molecule has 1 fully saturated rings. The lowest BCUT2D eigenvalue weighted by Crippen LogP contribution is -2.53. The van der Waals surface area contributed by atoms with Crippen molar-refractivity contribution >= 4 is 22.8 Å². The fourth-order valence-electron chi connectivity index (χ4n) is 4.71. The summed E-state index contributed by atoms with van der Waals surface area (Å²) in [4.78, 5) is 27.2. The highest BCUT2D eigenvalue weighted by molar-refractivity contribution is 5.84. The summed E-state index contributed by atoms with van der Waals surface area (Å²) in [6.45, 7) is 8.22. The Morgan fingerprint density at radius 2 is 1.95 bits per heavy atom. The third-order valence-electron chi connectivity index (χ3n) is 6.97. The minimum atomic E-state index is -0.823. The van der Waals surface area contributed by atoms with Crippen LogP contribution >= 0.6 is 0 Å². The zero-order valence-electron chi connectivity index (χ0n) is 22.8. The van der Waals surface area contributed by atoms with Crippen LogP contribution in [0.4, 0.5) is 0 Å². The van der Waals surface area contributed by atoms with E-state index < -0.39 is 24.5 Å². The van der Waals surface area contributed by atoms with Gasteiger partial charge in [0.1, 0.15) is 35.8 Å². The Morgan fingerprint density at radius 3 is 2.72 bits per heavy atom. The molecular formula is C28H36N4O7. The van der Waals surface area contributed by atoms with Gasteiger partial charge < -0.3 is 24.1 Å². The molecule has 0 aliphatic carbocycles. The zero-order valence-corrected chi connectivity index (χ0v) is 22.8. The number of esters is 1. The van der Waals surface area contributed by atoms with Gasteiger partial charge in [-0.25, -0.2) is 9.67 Å². The first-order valence-electron chi connectivity index (χ1n) is 13.3. The van der Waals surface area contributed by atoms with E-state index in [1.807, 2.05) is 51.1 Å². The maximum Gasteiger partial charge on any atom is 0.303 e. The number of carbonyl (C=O) groups excluding carboxylic acids is 1. The molecule has 210 valence electrons. The van der Waals surface area contributed by atoms with Crippen LogP contribution in [0.3, 0.4) is 0 Å². The van der Waals surface area contributed by atoms with Crippen LogP contribution in [0.5, 0.6) is 5.75 Å². The molecule has 4 rings (SSSR count). The highest BCUT2D eigenvalue weighted by atomic mass is 16.7. The molecule has 0 bridgehead atoms. The van der Waals surface area contributed by atoms with Gasteiger partial charge in [0, 0.05) is 42.9 Å². The maximum atomic E-state index is 11.9. The van der Waals surface area contributed by atoms with E-state index >= 15 is 0 Å². The number of fused-ring (bicyclic) bond motifs is 1. The molecular weight excluding hydrogens is 504 g/mol. The molecule has 1 aliphatic rings. The van der Waals surface area contributed by atoms with Crippen molar-refractivity contribution in [3.63, 3.8) is 0 Å². The molecule has 11 heteroatoms. The standard InChI is InChI=1S/C28H36N4O7/c1-17-11-12-21-8-7-9-23(26(21)29-17)37-16-22-14-32(31-30-22)15-24-27(38-20(4)33)18(2)19(3)28(39-24)36-13-6-5-10-25(34)35/h7-9,11-12,14,18-19,24,27-28H,5-6,10,13,15-16H2,1-4H3,(H,34,35)/t18-,19?,24?,27-,28+/m1/s1. The summed E-state index contributed by atoms with van der Waals surface area (Å²) < 4.78 is 25.6. The van der Waals surface area contributed by atoms with E-state index in [4.69, 9.17) is 24.1 Å². The van der Waals surface area contributed by atoms with E-state index in [1.54, 1.807) is 10.9 Å². The van der Waals surface area contributed by atoms with Gasteiger partial charge >= 0.3 is 11.9 Å². The first-order valence-corrected chi connectivity index (χ1v) is 13.3. The number of aliphatic carboxylic acids is 1. The van der Waals surface area contributed by atoms with E-state index in [2.05, 4.69) is 15.3 Å². The highest BCUT2D eigenvalue weighted by Crippen LogP contribution is 2.34. The Morgan fingerprint density at radius 1 is 1.13 bits per heavy atom. The number of aromatic nitrogens is 4. The van der Waals surface area contributed by atoms with Crippen molar-refractivity contribution in [2.24, 2.45) is 11.8 Å². The number of aryl methyl sites for hydroxylation is 1. The van der Waals surface area contributed by atoms with Crippen LogP contribution in [-0.4, -0.2) is 62.1 Å². The van der Waals surface area contributed by atoms with Crippen molar-refractivity contribution in [2.75, 3.05) is 6.61 Å². The maximum absolute atomic E-state index is 11.9. The molecule has 0 amide bonds. The average molecular weight is 541 g/mol. The Kier molecular flexibility index (Phi) is 9.47. The second kappa shape index (κ2) is 13.0. The Hall–Kier alpha value is -3.57. The number of hydrogen-bond donors (Lipinski definition) is 1. The fraction of sp³-hybridized carbons (Fsp3) is 0.536. The van der Waals surface area contributed by atoms with Crippen molar-refractivity contribution in [1.29, 1.82) is 0 Å². The lowest BCUT2D eigenvalue weighted by atomic mass is 9.84. The van der Waals surface area contributed by atoms with Gasteiger partial charge in [0.15, 0.2) is 6.29 Å². The van der Waals surface area contributed by atoms with E-state index in [-0.39, 0.29) is 30.8 Å². The number of carboxylic acids is 1. The number of para-hydroxylation sites is 1. The molecule has 3 aromatic rings. The topological polar surface area (TPSA) is 135 Å². The summed E-state index contributed by atoms with van der Waals surface area (Å²) in [7, 11) is 0. The summed E-state index contributed by atoms with van der Waals surface area (Å²) >= 11 is 0. The van der Waals surface area contributed by atoms with E-state index in [0.717, 1.165) is 16.6 Å². The second-order valence-electron chi connectivity index (χ2n) is 10.1. The second-order valence-corrected chi connectivity index (χ2v) is 10.1. The van der Waals surface area contributed by atoms with Gasteiger partial charge in [-0.3, -0.25) is 9.59 Å². The molecule has 11 nitrogen and oxygen atoms in total. The number of ether oxygens (including phenoxy) is 4. The van der Waals surface area contributed by atoms with E-state index in [0.29, 0.717) is 37.4 Å². The fourth-order valence-corrected chi connectivity index (χ4v) is 4.71. The number of carbonyl (C=O) groups is 2. The molecule has 1 aliphatic heterocycles. The summed E-state index contributed by atoms with van der Waals surface area (Å²) in [5, 5.41) is 18.3. The van der Waals surface area contributed by atoms with E-state index in [1.165, 1.54) is 6.92 Å². The number of nitrogens with zero attached hydrogens (tertiary/aromatic N) is 4. The third kappa shape index (κ3) is 7.51. The summed E-state index contributed by atoms with van der Waals surface area (Å²) in [5.41, 5.74) is 2.33. The van der Waals surface area contributed by atoms with Crippen LogP contribution in [0.15, 0.2) is 36.5 Å². The molecule has 1 saturated heterocycles. The first kappa shape index (κ1) is 28.4. The summed E-state index contributed by atoms with van der Waals surface area (Å²) in [5.74, 6) is -0.612. The molecule has 2 unspecified atom stereocenters. The number of benzene rings is 1. The van der Waals surface area contributed by atoms with E-state index in [9.17, 15) is 9.59 Å². The predicted molar refractivity (Wildman–Crippen MR) is 141 cm³/mol. The predicted octanol–water partition coefficient (Wildman–Crippen LogP) is 3.91. The van der Waals surface area contributed by atoms with Crippen LogP contribution in [0.25, 0.3) is 10.9 Å². The van der Waals surface area contributed by atoms with Gasteiger partial charge in [-0.05, 0) is 31.9 Å². The summed E-state index contributed by atoms with van der Waals surface area (Å²) in [6, 6.07) is 9.77. The largest absolute Gasteiger partial charge is 0.485 e. The lowest BCUT2D eigenvalue weighted by Gasteiger charge is -2.43. The van der Waals surface area contributed by atoms with Crippen LogP contribution in [0.2, 0.25) is 0 Å². The van der Waals surface area contributed by atoms with Crippen LogP contribution in [0.1, 0.15) is 51.4 Å². The van der Waals surface area contributed by atoms with Crippen molar-refractivity contribution < 1.29 is 33.6 Å². The molecule has 0 spiro atoms. The third-order valence-corrected chi connectivity index (χ3v) is 6.97. The van der Waals surface area contributed by atoms with Crippen molar-refractivity contribution in [3.05, 3.63) is 47.9 Å². The van der Waals surface area contributed by atoms with Gasteiger partial charge in [0.25, 0.3) is 0 Å². The van der Waals surface area contributed by atoms with Crippen molar-refractivity contribution in [3.8, 4) is 5.75 Å². The van der Waals surface area contributed by atoms with Crippen LogP contribution in [0, 0.1) is 18.8 Å². The minimum Gasteiger partial charge on any atom is -0.485 e. The SMILES string of the molecule is CC(=O)O[C@H]1C(Cn2cc(COc3cccc4ccc(C)nc34)nn2)O[C@H](OCCCCC(=O)O)C(C)[C@H]1C. The minimum absolute atomic E-state index is 0.0367. The molecule has 3 heterocycles. The molecule has 39 heavy (non-hydrogen) atoms. The lowest BCUT2D eigenvalue weighted by molar-refractivity contribution is -0.269. The van der Waals surface area contributed by atoms with Gasteiger partial charge in [-0.1, -0.05) is 37.3 Å². The monoisotopic (exact) mass is 540 g/mol. The molecule has 1 N–H and O–H groups in total. The van der Waals surface area contributed by atoms with Crippen LogP contribution < -0.4 is 4.74 Å². The van der Waals surface area contributed by atoms with Gasteiger partial charge in [-0.15, -0.1) is 5.10 Å². The number of pyridine rings is 1. The Labute approximate surface area is 227 Å². The van der Waals surface area contributed by atoms with Crippen LogP contribution in [-0.2, 0) is 37.0 Å². The number of carboxylic acid groups (broad SMARTS) is 1. The van der Waals surface area contributed by atoms with Crippen molar-refractivity contribution in [2.45, 2.75) is 78.6 Å². The quantitative estimate of drug-likeness (QED) is 0.266. The number of rotatable bonds is 12. The van der Waals surface area contributed by atoms with Crippen molar-refractivity contribution in [1.82, 2.24) is 20.0 Å². The number of hydrogen-bond acceptors (Lipinski definition) is 9. The first-order chi connectivity index (χ1) is 18.7. The molecule has 0 saturated carbocycles. The molecule has 2 aromatic heterocycles. The molecule has 1 aromatic carbocycles.